The first-order chi connectivity index (χ1) is 52.6. The number of para-hydroxylation sites is 4. The number of rotatable bonds is 24. The minimum Gasteiger partial charge on any atom is -0.478 e. The fourth-order valence-corrected chi connectivity index (χ4v) is 10.0. The van der Waals surface area contributed by atoms with Crippen LogP contribution in [0.25, 0.3) is 0 Å². The quantitative estimate of drug-likeness (QED) is 0.0250. The summed E-state index contributed by atoms with van der Waals surface area (Å²) in [5.41, 5.74) is 0.978. The minimum absolute atomic E-state index is 0.0356. The van der Waals surface area contributed by atoms with E-state index in [9.17, 15) is 78.0 Å². The molecule has 0 fully saturated rings. The lowest BCUT2D eigenvalue weighted by atomic mass is 10.0. The van der Waals surface area contributed by atoms with Crippen molar-refractivity contribution in [1.29, 1.82) is 0 Å². The molecule has 0 bridgehead atoms. The van der Waals surface area contributed by atoms with E-state index in [0.717, 1.165) is 22.3 Å². The van der Waals surface area contributed by atoms with Crippen LogP contribution in [0.2, 0.25) is 0 Å². The first-order valence-electron chi connectivity index (χ1n) is 35.3. The van der Waals surface area contributed by atoms with Gasteiger partial charge in [-0.2, -0.15) is 0 Å². The van der Waals surface area contributed by atoms with E-state index < -0.39 is 118 Å². The minimum atomic E-state index is -1.16. The molecule has 0 heterocycles. The Morgan fingerprint density at radius 3 is 0.554 bits per heavy atom. The second kappa shape index (κ2) is 42.4. The molecule has 12 N–H and O–H groups in total. The molecule has 0 aliphatic rings. The Hall–Kier alpha value is -13.4. The van der Waals surface area contributed by atoms with E-state index in [0.29, 0.717) is 0 Å². The summed E-state index contributed by atoms with van der Waals surface area (Å²) in [4.78, 5) is 145. The molecule has 28 heteroatoms. The van der Waals surface area contributed by atoms with Crippen molar-refractivity contribution in [2.45, 2.75) is 155 Å². The number of hydrogen-bond acceptors (Lipinski definition) is 16. The number of carboxylic acid groups (broad SMARTS) is 4. The average Bonchev–Trinajstić information content (AvgIpc) is 0.857. The molecule has 8 aromatic carbocycles. The maximum absolute atomic E-state index is 12.8. The van der Waals surface area contributed by atoms with Crippen LogP contribution in [0.3, 0.4) is 0 Å². The fourth-order valence-electron chi connectivity index (χ4n) is 10.0. The van der Waals surface area contributed by atoms with Gasteiger partial charge >= 0.3 is 48.3 Å². The van der Waals surface area contributed by atoms with Crippen molar-refractivity contribution in [2.24, 2.45) is 0 Å². The van der Waals surface area contributed by atoms with E-state index in [4.69, 9.17) is 18.9 Å². The number of ether oxygens (including phenoxy) is 4. The predicted molar refractivity (Wildman–Crippen MR) is 421 cm³/mol. The lowest BCUT2D eigenvalue weighted by Gasteiger charge is -2.23. The molecule has 0 aromatic heterocycles. The number of nitrogens with one attached hydrogen (secondary N) is 8. The summed E-state index contributed by atoms with van der Waals surface area (Å²) in [7, 11) is 0. The molecule has 8 rings (SSSR count). The van der Waals surface area contributed by atoms with Gasteiger partial charge in [0.1, 0.15) is 46.6 Å². The number of alkyl carbamates (subject to hydrolysis) is 4. The number of carbonyl (C=O) groups is 12. The van der Waals surface area contributed by atoms with Crippen LogP contribution in [0.1, 0.15) is 147 Å². The fraction of sp³-hybridized carbons (Fsp3) is 0.286. The SMILES string of the molecule is CC(C)(C)OC(=O)N[C@@H](Cc1ccccc1)C(=O)Nc1ccccc1C(=O)O.CC(C)(C)OC(=O)N[C@@H](Cc1ccccc1)C(=O)Nc1ccccc1C(=O)O.CC(C)(C)OC(=O)N[C@@H](Cc1ccccc1)C(=O)Nc1ccccc1C(=O)O.CC(C)(C)OC(=O)N[C@@H](Cc1ccccc1)C(=O)Nc1ccccc1C(=O)O. The largest absolute Gasteiger partial charge is 0.478 e. The molecule has 8 aromatic rings. The zero-order chi connectivity index (χ0) is 82.9. The van der Waals surface area contributed by atoms with Gasteiger partial charge in [-0.25, -0.2) is 38.4 Å². The van der Waals surface area contributed by atoms with Gasteiger partial charge in [0.2, 0.25) is 23.6 Å². The highest BCUT2D eigenvalue weighted by Gasteiger charge is 2.31. The van der Waals surface area contributed by atoms with Crippen LogP contribution in [-0.2, 0) is 63.8 Å². The van der Waals surface area contributed by atoms with Gasteiger partial charge in [0.05, 0.1) is 45.0 Å². The Morgan fingerprint density at radius 1 is 0.250 bits per heavy atom. The van der Waals surface area contributed by atoms with Gasteiger partial charge in [0.25, 0.3) is 0 Å². The summed E-state index contributed by atoms with van der Waals surface area (Å²) >= 11 is 0. The monoisotopic (exact) mass is 1540 g/mol. The lowest BCUT2D eigenvalue weighted by molar-refractivity contribution is -0.118. The molecule has 112 heavy (non-hydrogen) atoms. The standard InChI is InChI=1S/4C21H24N2O5/c4*1-21(2,3)28-20(27)23-17(13-14-9-5-4-6-10-14)18(24)22-16-12-8-7-11-15(16)19(25)26/h4*4-12,17H,13H2,1-3H3,(H,22,24)(H,23,27)(H,25,26)/t4*17-/m0000/s1. The summed E-state index contributed by atoms with van der Waals surface area (Å²) in [5, 5.41) is 57.8. The summed E-state index contributed by atoms with van der Waals surface area (Å²) < 4.78 is 21.0. The molecule has 0 spiro atoms. The highest BCUT2D eigenvalue weighted by atomic mass is 16.6. The van der Waals surface area contributed by atoms with Crippen LogP contribution in [0, 0.1) is 0 Å². The molecule has 0 aliphatic carbocycles. The Morgan fingerprint density at radius 2 is 0.402 bits per heavy atom. The number of hydrogen-bond donors (Lipinski definition) is 12. The van der Waals surface area contributed by atoms with Gasteiger partial charge in [-0.05, 0) is 154 Å². The maximum Gasteiger partial charge on any atom is 0.408 e. The number of anilines is 4. The first kappa shape index (κ1) is 89.2. The van der Waals surface area contributed by atoms with Crippen molar-refractivity contribution >= 4 is 94.6 Å². The lowest BCUT2D eigenvalue weighted by Crippen LogP contribution is -2.47. The van der Waals surface area contributed by atoms with Crippen molar-refractivity contribution in [3.05, 3.63) is 263 Å². The molecule has 0 saturated heterocycles. The molecule has 4 atom stereocenters. The molecule has 0 radical (unpaired) electrons. The topological polar surface area (TPSA) is 419 Å². The van der Waals surface area contributed by atoms with Gasteiger partial charge in [-0.1, -0.05) is 170 Å². The molecular weight excluding hydrogens is 1440 g/mol. The van der Waals surface area contributed by atoms with Crippen molar-refractivity contribution in [3.8, 4) is 0 Å². The number of aromatic carboxylic acids is 4. The average molecular weight is 1540 g/mol. The van der Waals surface area contributed by atoms with E-state index in [1.807, 2.05) is 121 Å². The molecule has 8 amide bonds. The Bertz CT molecular complexity index is 3950. The third-order valence-electron chi connectivity index (χ3n) is 14.8. The molecule has 0 aliphatic heterocycles. The summed E-state index contributed by atoms with van der Waals surface area (Å²) in [6, 6.07) is 57.3. The molecule has 0 unspecified atom stereocenters. The van der Waals surface area contributed by atoms with Crippen molar-refractivity contribution in [2.75, 3.05) is 21.3 Å². The number of benzene rings is 8. The van der Waals surface area contributed by atoms with Crippen LogP contribution in [0.4, 0.5) is 41.9 Å². The Labute approximate surface area is 649 Å². The van der Waals surface area contributed by atoms with Gasteiger partial charge in [0, 0.05) is 25.7 Å². The molecule has 0 saturated carbocycles. The summed E-state index contributed by atoms with van der Waals surface area (Å²) in [6.07, 6.45) is -2.01. The summed E-state index contributed by atoms with van der Waals surface area (Å²) in [6.45, 7) is 20.7. The Balaban J connectivity index is 0.000000267. The smallest absolute Gasteiger partial charge is 0.408 e. The van der Waals surface area contributed by atoms with Gasteiger partial charge in [-0.15, -0.1) is 0 Å². The van der Waals surface area contributed by atoms with E-state index in [2.05, 4.69) is 42.5 Å². The van der Waals surface area contributed by atoms with E-state index in [1.54, 1.807) is 132 Å². The van der Waals surface area contributed by atoms with Crippen LogP contribution in [0.15, 0.2) is 218 Å². The highest BCUT2D eigenvalue weighted by Crippen LogP contribution is 2.22. The van der Waals surface area contributed by atoms with E-state index >= 15 is 0 Å². The molecular formula is C84H96N8O20. The zero-order valence-electron chi connectivity index (χ0n) is 64.2. The maximum atomic E-state index is 12.8. The van der Waals surface area contributed by atoms with Crippen molar-refractivity contribution in [3.63, 3.8) is 0 Å². The van der Waals surface area contributed by atoms with Gasteiger partial charge < -0.3 is 81.9 Å². The third kappa shape index (κ3) is 33.4. The predicted octanol–water partition coefficient (Wildman–Crippen LogP) is 13.8. The molecule has 28 nitrogen and oxygen atoms in total. The number of amides is 8. The van der Waals surface area contributed by atoms with Gasteiger partial charge in [-0.3, -0.25) is 19.2 Å². The second-order valence-electron chi connectivity index (χ2n) is 28.9. The van der Waals surface area contributed by atoms with Crippen molar-refractivity contribution in [1.82, 2.24) is 21.3 Å². The van der Waals surface area contributed by atoms with Crippen molar-refractivity contribution < 1.29 is 96.9 Å². The van der Waals surface area contributed by atoms with Crippen LogP contribution < -0.4 is 42.5 Å². The number of carboxylic acids is 4. The first-order valence-corrected chi connectivity index (χ1v) is 35.3. The van der Waals surface area contributed by atoms with Crippen LogP contribution >= 0.6 is 0 Å². The van der Waals surface area contributed by atoms with E-state index in [-0.39, 0.29) is 70.7 Å². The third-order valence-corrected chi connectivity index (χ3v) is 14.8. The van der Waals surface area contributed by atoms with Crippen LogP contribution in [0.5, 0.6) is 0 Å². The Kier molecular flexibility index (Phi) is 33.8. The summed E-state index contributed by atoms with van der Waals surface area (Å²) in [5.74, 6) is -6.78. The van der Waals surface area contributed by atoms with Gasteiger partial charge in [0.15, 0.2) is 0 Å². The number of carbonyl (C=O) groups excluding carboxylic acids is 8. The highest BCUT2D eigenvalue weighted by molar-refractivity contribution is 6.06. The van der Waals surface area contributed by atoms with E-state index in [1.165, 1.54) is 48.5 Å². The molecule has 592 valence electrons. The normalized spacial score (nSPS) is 12.0. The second-order valence-corrected chi connectivity index (χ2v) is 28.9. The zero-order valence-corrected chi connectivity index (χ0v) is 64.2. The van der Waals surface area contributed by atoms with Crippen LogP contribution in [-0.4, -0.2) is 139 Å².